The normalized spacial score (nSPS) is 16.6. The summed E-state index contributed by atoms with van der Waals surface area (Å²) in [5, 5.41) is 13.6. The monoisotopic (exact) mass is 326 g/mol. The van der Waals surface area contributed by atoms with Gasteiger partial charge in [0.2, 0.25) is 5.91 Å². The van der Waals surface area contributed by atoms with Crippen LogP contribution >= 0.6 is 37.2 Å². The fraction of sp³-hybridized carbons (Fsp3) is 0.583. The Kier molecular flexibility index (Phi) is 10.6. The van der Waals surface area contributed by atoms with Gasteiger partial charge < -0.3 is 15.7 Å². The molecule has 3 N–H and O–H groups in total. The average molecular weight is 327 g/mol. The Balaban J connectivity index is 0. The van der Waals surface area contributed by atoms with Gasteiger partial charge >= 0.3 is 0 Å². The van der Waals surface area contributed by atoms with Crippen LogP contribution in [0.5, 0.6) is 0 Å². The summed E-state index contributed by atoms with van der Waals surface area (Å²) in [7, 11) is 0. The highest BCUT2D eigenvalue weighted by Gasteiger charge is 2.29. The number of nitrogens with two attached hydrogens (primary N) is 1. The van der Waals surface area contributed by atoms with Crippen molar-refractivity contribution < 1.29 is 9.90 Å². The third-order valence-corrected chi connectivity index (χ3v) is 3.63. The van der Waals surface area contributed by atoms with Gasteiger partial charge in [0.15, 0.2) is 0 Å². The maximum atomic E-state index is 11.9. The lowest BCUT2D eigenvalue weighted by Gasteiger charge is -2.23. The van der Waals surface area contributed by atoms with E-state index in [-0.39, 0.29) is 39.2 Å². The van der Waals surface area contributed by atoms with Gasteiger partial charge in [-0.1, -0.05) is 7.43 Å². The lowest BCUT2D eigenvalue weighted by atomic mass is 10.1. The van der Waals surface area contributed by atoms with E-state index < -0.39 is 12.1 Å². The van der Waals surface area contributed by atoms with Crippen LogP contribution in [0.25, 0.3) is 0 Å². The molecule has 1 amide bonds. The Morgan fingerprint density at radius 3 is 2.47 bits per heavy atom. The van der Waals surface area contributed by atoms with Crippen LogP contribution < -0.4 is 5.73 Å². The topological polar surface area (TPSA) is 66.6 Å². The van der Waals surface area contributed by atoms with E-state index in [1.54, 1.807) is 11.0 Å². The van der Waals surface area contributed by atoms with Crippen LogP contribution in [0.15, 0.2) is 16.8 Å². The highest BCUT2D eigenvalue weighted by Crippen LogP contribution is 2.20. The number of rotatable bonds is 3. The van der Waals surface area contributed by atoms with Gasteiger partial charge in [-0.05, 0) is 35.2 Å². The average Bonchev–Trinajstić information content (AvgIpc) is 2.97. The summed E-state index contributed by atoms with van der Waals surface area (Å²) < 4.78 is 0. The van der Waals surface area contributed by atoms with Crippen LogP contribution in [0, 0.1) is 0 Å². The first-order valence-electron chi connectivity index (χ1n) is 5.44. The number of nitrogens with zero attached hydrogens (tertiary/aromatic N) is 1. The van der Waals surface area contributed by atoms with Crippen molar-refractivity contribution in [1.82, 2.24) is 4.90 Å². The minimum Gasteiger partial charge on any atom is -0.386 e. The van der Waals surface area contributed by atoms with Crippen LogP contribution in [0.2, 0.25) is 0 Å². The smallest absolute Gasteiger partial charge is 0.242 e. The first kappa shape index (κ1) is 21.0. The second-order valence-corrected chi connectivity index (χ2v) is 4.84. The molecule has 0 unspecified atom stereocenters. The maximum Gasteiger partial charge on any atom is 0.242 e. The van der Waals surface area contributed by atoms with Gasteiger partial charge in [0.1, 0.15) is 12.1 Å². The number of aliphatic hydroxyl groups is 1. The number of thiophene rings is 1. The van der Waals surface area contributed by atoms with Gasteiger partial charge in [-0.2, -0.15) is 24.8 Å². The van der Waals surface area contributed by atoms with Crippen LogP contribution in [0.4, 0.5) is 0 Å². The Labute approximate surface area is 131 Å². The van der Waals surface area contributed by atoms with Crippen LogP contribution in [0.1, 0.15) is 31.9 Å². The summed E-state index contributed by atoms with van der Waals surface area (Å²) in [5.41, 5.74) is 6.52. The van der Waals surface area contributed by atoms with Crippen LogP contribution in [0.3, 0.4) is 0 Å². The van der Waals surface area contributed by atoms with Gasteiger partial charge in [0.05, 0.1) is 0 Å². The quantitative estimate of drug-likeness (QED) is 0.891. The first-order valence-corrected chi connectivity index (χ1v) is 6.39. The molecule has 0 spiro atoms. The highest BCUT2D eigenvalue weighted by atomic mass is 35.5. The SMILES string of the molecule is C.Cl.N[C@H](C(=O)N1CCCC1)[C@H](O)c1ccsc1.S. The second-order valence-electron chi connectivity index (χ2n) is 4.06. The Bertz CT molecular complexity index is 357. The van der Waals surface area contributed by atoms with Gasteiger partial charge in [0.25, 0.3) is 0 Å². The third kappa shape index (κ3) is 4.96. The van der Waals surface area contributed by atoms with Crippen molar-refractivity contribution in [1.29, 1.82) is 0 Å². The number of halogens is 1. The molecule has 1 aliphatic rings. The lowest BCUT2D eigenvalue weighted by Crippen LogP contribution is -2.45. The zero-order chi connectivity index (χ0) is 11.5. The number of hydrogen-bond donors (Lipinski definition) is 2. The largest absolute Gasteiger partial charge is 0.386 e. The fourth-order valence-electron chi connectivity index (χ4n) is 1.93. The van der Waals surface area contributed by atoms with E-state index in [4.69, 9.17) is 5.73 Å². The summed E-state index contributed by atoms with van der Waals surface area (Å²) in [5.74, 6) is -0.142. The van der Waals surface area contributed by atoms with Gasteiger partial charge in [-0.25, -0.2) is 0 Å². The van der Waals surface area contributed by atoms with E-state index in [2.05, 4.69) is 0 Å². The van der Waals surface area contributed by atoms with Gasteiger partial charge in [-0.3, -0.25) is 4.79 Å². The Morgan fingerprint density at radius 2 is 2.00 bits per heavy atom. The van der Waals surface area contributed by atoms with Gasteiger partial charge in [0, 0.05) is 13.1 Å². The minimum atomic E-state index is -0.889. The molecule has 19 heavy (non-hydrogen) atoms. The molecule has 1 fully saturated rings. The molecule has 7 heteroatoms. The minimum absolute atomic E-state index is 0. The standard InChI is InChI=1S/C11H16N2O2S.CH4.ClH.H2S/c12-9(10(14)8-3-6-16-7-8)11(15)13-4-1-2-5-13;;;/h3,6-7,9-10,14H,1-2,4-5,12H2;1H4;1H;1H2/t9-,10+;;;/m0.../s1. The summed E-state index contributed by atoms with van der Waals surface area (Å²) in [4.78, 5) is 13.7. The molecular formula is C12H23ClN2O2S2. The van der Waals surface area contributed by atoms with E-state index in [1.807, 2.05) is 10.8 Å². The molecule has 2 heterocycles. The second kappa shape index (κ2) is 9.61. The van der Waals surface area contributed by atoms with E-state index in [0.29, 0.717) is 0 Å². The lowest BCUT2D eigenvalue weighted by molar-refractivity contribution is -0.134. The molecule has 0 radical (unpaired) electrons. The molecule has 2 rings (SSSR count). The highest BCUT2D eigenvalue weighted by molar-refractivity contribution is 7.59. The summed E-state index contributed by atoms with van der Waals surface area (Å²) >= 11 is 1.49. The van der Waals surface area contributed by atoms with E-state index in [1.165, 1.54) is 11.3 Å². The van der Waals surface area contributed by atoms with Crippen molar-refractivity contribution in [3.8, 4) is 0 Å². The Hall–Kier alpha value is -0.270. The summed E-state index contributed by atoms with van der Waals surface area (Å²) in [6.07, 6.45) is 1.18. The molecular weight excluding hydrogens is 304 g/mol. The molecule has 0 aromatic carbocycles. The maximum absolute atomic E-state index is 11.9. The third-order valence-electron chi connectivity index (χ3n) is 2.93. The fourth-order valence-corrected chi connectivity index (χ4v) is 2.62. The molecule has 1 aromatic heterocycles. The van der Waals surface area contributed by atoms with Crippen molar-refractivity contribution in [2.45, 2.75) is 32.4 Å². The molecule has 4 nitrogen and oxygen atoms in total. The molecule has 0 aliphatic carbocycles. The predicted octanol–water partition coefficient (Wildman–Crippen LogP) is 1.90. The molecule has 2 atom stereocenters. The Morgan fingerprint density at radius 1 is 1.42 bits per heavy atom. The molecule has 1 aromatic rings. The van der Waals surface area contributed by atoms with Crippen molar-refractivity contribution in [2.75, 3.05) is 13.1 Å². The molecule has 112 valence electrons. The molecule has 0 bridgehead atoms. The van der Waals surface area contributed by atoms with Gasteiger partial charge in [-0.15, -0.1) is 12.4 Å². The van der Waals surface area contributed by atoms with E-state index in [0.717, 1.165) is 31.5 Å². The van der Waals surface area contributed by atoms with E-state index >= 15 is 0 Å². The zero-order valence-electron chi connectivity index (χ0n) is 9.91. The molecule has 0 saturated carbocycles. The first-order chi connectivity index (χ1) is 7.70. The van der Waals surface area contributed by atoms with Crippen molar-refractivity contribution >= 4 is 43.1 Å². The number of likely N-dealkylation sites (tertiary alicyclic amines) is 1. The number of hydrogen-bond acceptors (Lipinski definition) is 4. The van der Waals surface area contributed by atoms with E-state index in [9.17, 15) is 9.90 Å². The number of carbonyl (C=O) groups is 1. The van der Waals surface area contributed by atoms with Crippen molar-refractivity contribution in [2.24, 2.45) is 5.73 Å². The number of aliphatic hydroxyl groups excluding tert-OH is 1. The summed E-state index contributed by atoms with van der Waals surface area (Å²) in [6, 6.07) is 0.958. The molecule has 1 aliphatic heterocycles. The molecule has 1 saturated heterocycles. The number of amides is 1. The summed E-state index contributed by atoms with van der Waals surface area (Å²) in [6.45, 7) is 1.53. The predicted molar refractivity (Wildman–Crippen MR) is 87.4 cm³/mol. The zero-order valence-corrected chi connectivity index (χ0v) is 12.5. The van der Waals surface area contributed by atoms with Crippen molar-refractivity contribution in [3.63, 3.8) is 0 Å². The van der Waals surface area contributed by atoms with Crippen molar-refractivity contribution in [3.05, 3.63) is 22.4 Å². The van der Waals surface area contributed by atoms with Crippen LogP contribution in [-0.2, 0) is 4.79 Å². The number of carbonyl (C=O) groups excluding carboxylic acids is 1. The van der Waals surface area contributed by atoms with Crippen LogP contribution in [-0.4, -0.2) is 35.0 Å².